The number of carbonyl (C=O) groups excluding carboxylic acids is 2. The summed E-state index contributed by atoms with van der Waals surface area (Å²) in [6.07, 6.45) is 0.984. The summed E-state index contributed by atoms with van der Waals surface area (Å²) in [7, 11) is 0. The van der Waals surface area contributed by atoms with Gasteiger partial charge in [0.15, 0.2) is 0 Å². The Bertz CT molecular complexity index is 811. The van der Waals surface area contributed by atoms with Gasteiger partial charge in [0.2, 0.25) is 5.91 Å². The van der Waals surface area contributed by atoms with Crippen LogP contribution in [0.1, 0.15) is 24.8 Å². The van der Waals surface area contributed by atoms with Crippen molar-refractivity contribution in [2.75, 3.05) is 31.5 Å². The molecule has 0 spiro atoms. The SMILES string of the molecule is C[C@H](C(=O)NC[C@H]1CN(C(=O)Nc2ccccc2)[C@H]2CCN1C2)c1ccsc1. The first-order chi connectivity index (χ1) is 13.6. The lowest BCUT2D eigenvalue weighted by atomic mass is 10.0. The third-order valence-corrected chi connectivity index (χ3v) is 6.50. The number of hydrogen-bond donors (Lipinski definition) is 2. The molecule has 4 atom stereocenters. The first-order valence-corrected chi connectivity index (χ1v) is 10.7. The fourth-order valence-electron chi connectivity index (χ4n) is 4.05. The van der Waals surface area contributed by atoms with Crippen molar-refractivity contribution in [1.29, 1.82) is 0 Å². The Kier molecular flexibility index (Phi) is 5.64. The average Bonchev–Trinajstić information content (AvgIpc) is 3.38. The predicted molar refractivity (Wildman–Crippen MR) is 112 cm³/mol. The molecule has 2 fully saturated rings. The lowest BCUT2D eigenvalue weighted by molar-refractivity contribution is -0.122. The lowest BCUT2D eigenvalue weighted by Gasteiger charge is -2.40. The highest BCUT2D eigenvalue weighted by atomic mass is 32.1. The van der Waals surface area contributed by atoms with Gasteiger partial charge in [-0.1, -0.05) is 18.2 Å². The molecule has 1 unspecified atom stereocenters. The molecular formula is C21H26N4O2S. The summed E-state index contributed by atoms with van der Waals surface area (Å²) < 4.78 is 0. The molecule has 0 saturated carbocycles. The number of nitrogens with one attached hydrogen (secondary N) is 2. The van der Waals surface area contributed by atoms with E-state index in [-0.39, 0.29) is 29.9 Å². The largest absolute Gasteiger partial charge is 0.354 e. The number of carbonyl (C=O) groups is 2. The normalized spacial score (nSPS) is 24.6. The maximum absolute atomic E-state index is 12.8. The van der Waals surface area contributed by atoms with E-state index in [1.54, 1.807) is 11.3 Å². The Morgan fingerprint density at radius 1 is 1.21 bits per heavy atom. The van der Waals surface area contributed by atoms with Crippen molar-refractivity contribution in [2.45, 2.75) is 31.3 Å². The van der Waals surface area contributed by atoms with Gasteiger partial charge in [-0.05, 0) is 47.9 Å². The van der Waals surface area contributed by atoms with E-state index in [0.29, 0.717) is 13.1 Å². The maximum Gasteiger partial charge on any atom is 0.322 e. The topological polar surface area (TPSA) is 64.7 Å². The zero-order valence-electron chi connectivity index (χ0n) is 16.0. The van der Waals surface area contributed by atoms with Crippen LogP contribution in [-0.4, -0.2) is 60.0 Å². The van der Waals surface area contributed by atoms with E-state index in [1.165, 1.54) is 0 Å². The van der Waals surface area contributed by atoms with Crippen LogP contribution in [0.3, 0.4) is 0 Å². The van der Waals surface area contributed by atoms with Gasteiger partial charge in [0.25, 0.3) is 0 Å². The molecule has 3 amide bonds. The molecule has 7 heteroatoms. The van der Waals surface area contributed by atoms with E-state index in [9.17, 15) is 9.59 Å². The summed E-state index contributed by atoms with van der Waals surface area (Å²) in [4.78, 5) is 29.7. The van der Waals surface area contributed by atoms with E-state index in [4.69, 9.17) is 0 Å². The van der Waals surface area contributed by atoms with Gasteiger partial charge in [-0.25, -0.2) is 4.79 Å². The van der Waals surface area contributed by atoms with Crippen molar-refractivity contribution >= 4 is 29.0 Å². The van der Waals surface area contributed by atoms with Crippen LogP contribution in [0.25, 0.3) is 0 Å². The van der Waals surface area contributed by atoms with Gasteiger partial charge in [0.05, 0.1) is 5.92 Å². The van der Waals surface area contributed by atoms with Gasteiger partial charge in [0, 0.05) is 44.0 Å². The van der Waals surface area contributed by atoms with Crippen LogP contribution in [-0.2, 0) is 4.79 Å². The fraction of sp³-hybridized carbons (Fsp3) is 0.429. The highest BCUT2D eigenvalue weighted by molar-refractivity contribution is 7.08. The monoisotopic (exact) mass is 398 g/mol. The van der Waals surface area contributed by atoms with E-state index in [0.717, 1.165) is 30.8 Å². The molecule has 28 heavy (non-hydrogen) atoms. The molecule has 0 aliphatic carbocycles. The molecule has 2 aliphatic rings. The first-order valence-electron chi connectivity index (χ1n) is 9.78. The number of hydrogen-bond acceptors (Lipinski definition) is 4. The molecular weight excluding hydrogens is 372 g/mol. The zero-order chi connectivity index (χ0) is 19.5. The summed E-state index contributed by atoms with van der Waals surface area (Å²) in [5.74, 6) is -0.112. The van der Waals surface area contributed by atoms with E-state index in [1.807, 2.05) is 59.0 Å². The highest BCUT2D eigenvalue weighted by Gasteiger charge is 2.40. The number of benzene rings is 1. The number of piperazine rings is 1. The van der Waals surface area contributed by atoms with Gasteiger partial charge >= 0.3 is 6.03 Å². The predicted octanol–water partition coefficient (Wildman–Crippen LogP) is 2.96. The van der Waals surface area contributed by atoms with Crippen LogP contribution in [0.4, 0.5) is 10.5 Å². The van der Waals surface area contributed by atoms with Crippen LogP contribution in [0.5, 0.6) is 0 Å². The average molecular weight is 399 g/mol. The smallest absolute Gasteiger partial charge is 0.322 e. The standard InChI is InChI=1S/C21H26N4O2S/c1-15(16-8-10-28-14-16)20(26)22-11-19-13-25(18-7-9-24(19)12-18)21(27)23-17-5-3-2-4-6-17/h2-6,8,10,14-15,18-19H,7,9,11-13H2,1H3,(H,22,26)(H,23,27)/t15-,18-,19-/m0/s1. The number of rotatable bonds is 5. The Morgan fingerprint density at radius 2 is 2.04 bits per heavy atom. The Labute approximate surface area is 169 Å². The summed E-state index contributed by atoms with van der Waals surface area (Å²) >= 11 is 1.61. The van der Waals surface area contributed by atoms with Crippen LogP contribution in [0.2, 0.25) is 0 Å². The number of urea groups is 1. The van der Waals surface area contributed by atoms with Crippen LogP contribution in [0, 0.1) is 0 Å². The van der Waals surface area contributed by atoms with Gasteiger partial charge in [-0.2, -0.15) is 11.3 Å². The first kappa shape index (κ1) is 19.0. The zero-order valence-corrected chi connectivity index (χ0v) is 16.8. The second-order valence-corrected chi connectivity index (χ2v) is 8.34. The molecule has 2 aromatic rings. The second kappa shape index (κ2) is 8.32. The summed E-state index contributed by atoms with van der Waals surface area (Å²) in [6, 6.07) is 11.9. The second-order valence-electron chi connectivity index (χ2n) is 7.56. The molecule has 2 N–H and O–H groups in total. The minimum atomic E-state index is -0.154. The molecule has 2 saturated heterocycles. The van der Waals surface area contributed by atoms with Crippen molar-refractivity contribution in [1.82, 2.24) is 15.1 Å². The number of amides is 3. The molecule has 148 valence electrons. The number of nitrogens with zero attached hydrogens (tertiary/aromatic N) is 2. The molecule has 1 aromatic heterocycles. The van der Waals surface area contributed by atoms with E-state index >= 15 is 0 Å². The number of thiophene rings is 1. The maximum atomic E-state index is 12.8. The molecule has 2 bridgehead atoms. The molecule has 2 aliphatic heterocycles. The van der Waals surface area contributed by atoms with Gasteiger partial charge in [-0.15, -0.1) is 0 Å². The highest BCUT2D eigenvalue weighted by Crippen LogP contribution is 2.26. The summed E-state index contributed by atoms with van der Waals surface area (Å²) in [5, 5.41) is 10.1. The van der Waals surface area contributed by atoms with Crippen molar-refractivity contribution in [3.8, 4) is 0 Å². The van der Waals surface area contributed by atoms with Crippen LogP contribution < -0.4 is 10.6 Å². The van der Waals surface area contributed by atoms with Crippen molar-refractivity contribution in [2.24, 2.45) is 0 Å². The van der Waals surface area contributed by atoms with Crippen LogP contribution >= 0.6 is 11.3 Å². The van der Waals surface area contributed by atoms with Crippen LogP contribution in [0.15, 0.2) is 47.2 Å². The fourth-order valence-corrected chi connectivity index (χ4v) is 4.80. The molecule has 4 rings (SSSR count). The Balaban J connectivity index is 1.35. The van der Waals surface area contributed by atoms with Crippen molar-refractivity contribution in [3.63, 3.8) is 0 Å². The molecule has 3 heterocycles. The minimum Gasteiger partial charge on any atom is -0.354 e. The number of para-hydroxylation sites is 1. The third kappa shape index (κ3) is 4.05. The Morgan fingerprint density at radius 3 is 2.79 bits per heavy atom. The third-order valence-electron chi connectivity index (χ3n) is 5.79. The van der Waals surface area contributed by atoms with Crippen molar-refractivity contribution in [3.05, 3.63) is 52.7 Å². The summed E-state index contributed by atoms with van der Waals surface area (Å²) in [5.41, 5.74) is 1.86. The molecule has 0 radical (unpaired) electrons. The van der Waals surface area contributed by atoms with Gasteiger partial charge < -0.3 is 15.5 Å². The lowest BCUT2D eigenvalue weighted by Crippen LogP contribution is -2.58. The van der Waals surface area contributed by atoms with E-state index in [2.05, 4.69) is 15.5 Å². The Hall–Kier alpha value is -2.38. The minimum absolute atomic E-state index is 0.0417. The number of anilines is 1. The quantitative estimate of drug-likeness (QED) is 0.814. The van der Waals surface area contributed by atoms with Gasteiger partial charge in [0.1, 0.15) is 0 Å². The van der Waals surface area contributed by atoms with Crippen molar-refractivity contribution < 1.29 is 9.59 Å². The van der Waals surface area contributed by atoms with Gasteiger partial charge in [-0.3, -0.25) is 9.69 Å². The molecule has 1 aromatic carbocycles. The molecule has 6 nitrogen and oxygen atoms in total. The number of fused-ring (bicyclic) bond motifs is 2. The summed E-state index contributed by atoms with van der Waals surface area (Å²) in [6.45, 7) is 4.98. The van der Waals surface area contributed by atoms with E-state index < -0.39 is 0 Å².